The maximum absolute atomic E-state index is 14.2. The monoisotopic (exact) mass is 372 g/mol. The molecule has 1 amide bonds. The van der Waals surface area contributed by atoms with Crippen LogP contribution in [0.4, 0.5) is 29.1 Å². The Morgan fingerprint density at radius 2 is 1.88 bits per heavy atom. The van der Waals surface area contributed by atoms with Crippen LogP contribution in [-0.4, -0.2) is 21.0 Å². The molecule has 0 aliphatic carbocycles. The fraction of sp³-hybridized carbons (Fsp3) is 0.312. The van der Waals surface area contributed by atoms with Crippen LogP contribution in [0.3, 0.4) is 0 Å². The summed E-state index contributed by atoms with van der Waals surface area (Å²) in [7, 11) is 0. The molecule has 140 valence electrons. The fourth-order valence-corrected chi connectivity index (χ4v) is 2.29. The average Bonchev–Trinajstić information content (AvgIpc) is 2.48. The molecule has 0 spiro atoms. The highest BCUT2D eigenvalue weighted by molar-refractivity contribution is 6.04. The number of nitrogen functional groups attached to an aromatic ring is 1. The van der Waals surface area contributed by atoms with Crippen LogP contribution in [0.5, 0.6) is 0 Å². The molecule has 0 fully saturated rings. The number of aliphatic hydroxyl groups is 1. The first-order chi connectivity index (χ1) is 11.8. The van der Waals surface area contributed by atoms with Gasteiger partial charge in [-0.3, -0.25) is 4.79 Å². The van der Waals surface area contributed by atoms with E-state index in [0.29, 0.717) is 0 Å². The van der Waals surface area contributed by atoms with Gasteiger partial charge in [0, 0.05) is 5.56 Å². The average molecular weight is 372 g/mol. The van der Waals surface area contributed by atoms with Gasteiger partial charge in [0.1, 0.15) is 11.4 Å². The minimum atomic E-state index is -4.73. The van der Waals surface area contributed by atoms with E-state index in [-0.39, 0.29) is 16.8 Å². The zero-order chi connectivity index (χ0) is 19.9. The molecule has 2 aromatic heterocycles. The van der Waals surface area contributed by atoms with Crippen LogP contribution in [0.15, 0.2) is 18.3 Å². The van der Waals surface area contributed by atoms with Gasteiger partial charge in [0.2, 0.25) is 0 Å². The third kappa shape index (κ3) is 3.90. The van der Waals surface area contributed by atoms with E-state index in [1.54, 1.807) is 0 Å². The number of rotatable bonds is 3. The van der Waals surface area contributed by atoms with Gasteiger partial charge in [0.25, 0.3) is 5.91 Å². The van der Waals surface area contributed by atoms with Crippen LogP contribution < -0.4 is 11.1 Å². The summed E-state index contributed by atoms with van der Waals surface area (Å²) in [5.74, 6) is -2.54. The van der Waals surface area contributed by atoms with E-state index in [1.165, 1.54) is 20.8 Å². The van der Waals surface area contributed by atoms with E-state index in [4.69, 9.17) is 5.73 Å². The molecule has 10 heteroatoms. The van der Waals surface area contributed by atoms with E-state index in [0.717, 1.165) is 18.3 Å². The lowest BCUT2D eigenvalue weighted by Gasteiger charge is -2.23. The Morgan fingerprint density at radius 3 is 2.42 bits per heavy atom. The number of amides is 1. The van der Waals surface area contributed by atoms with Crippen molar-refractivity contribution in [1.29, 1.82) is 0 Å². The highest BCUT2D eigenvalue weighted by Crippen LogP contribution is 2.33. The first kappa shape index (κ1) is 19.6. The second kappa shape index (κ2) is 6.52. The zero-order valence-electron chi connectivity index (χ0n) is 14.1. The van der Waals surface area contributed by atoms with E-state index < -0.39 is 40.7 Å². The number of nitrogens with one attached hydrogen (secondary N) is 1. The van der Waals surface area contributed by atoms with Gasteiger partial charge in [-0.05, 0) is 32.4 Å². The molecule has 2 rings (SSSR count). The number of carbonyl (C=O) groups excluding carboxylic acids is 1. The van der Waals surface area contributed by atoms with Crippen LogP contribution in [0.25, 0.3) is 0 Å². The molecule has 0 atom stereocenters. The van der Waals surface area contributed by atoms with Crippen LogP contribution in [0.1, 0.15) is 41.2 Å². The molecular formula is C16H16F4N4O2. The molecule has 0 bridgehead atoms. The lowest BCUT2D eigenvalue weighted by molar-refractivity contribution is -0.141. The molecule has 0 aliphatic rings. The molecular weight excluding hydrogens is 356 g/mol. The summed E-state index contributed by atoms with van der Waals surface area (Å²) in [6, 6.07) is 1.85. The van der Waals surface area contributed by atoms with Crippen molar-refractivity contribution in [2.45, 2.75) is 32.5 Å². The molecule has 2 heterocycles. The van der Waals surface area contributed by atoms with Crippen molar-refractivity contribution in [1.82, 2.24) is 9.97 Å². The van der Waals surface area contributed by atoms with Crippen LogP contribution >= 0.6 is 0 Å². The molecule has 0 saturated heterocycles. The van der Waals surface area contributed by atoms with Gasteiger partial charge in [-0.15, -0.1) is 0 Å². The first-order valence-corrected chi connectivity index (χ1v) is 7.35. The van der Waals surface area contributed by atoms with Crippen molar-refractivity contribution in [2.24, 2.45) is 0 Å². The third-order valence-electron chi connectivity index (χ3n) is 3.51. The highest BCUT2D eigenvalue weighted by atomic mass is 19.4. The Kier molecular flexibility index (Phi) is 4.91. The Bertz CT molecular complexity index is 861. The molecule has 0 unspecified atom stereocenters. The maximum atomic E-state index is 14.2. The summed E-state index contributed by atoms with van der Waals surface area (Å²) in [4.78, 5) is 19.3. The Labute approximate surface area is 146 Å². The number of hydrogen-bond acceptors (Lipinski definition) is 5. The molecule has 26 heavy (non-hydrogen) atoms. The second-order valence-corrected chi connectivity index (χ2v) is 6.12. The minimum absolute atomic E-state index is 0.184. The maximum Gasteiger partial charge on any atom is 0.433 e. The summed E-state index contributed by atoms with van der Waals surface area (Å²) in [5, 5.41) is 12.4. The summed E-state index contributed by atoms with van der Waals surface area (Å²) >= 11 is 0. The fourth-order valence-electron chi connectivity index (χ4n) is 2.29. The number of anilines is 2. The smallest absolute Gasteiger partial charge is 0.386 e. The van der Waals surface area contributed by atoms with E-state index in [1.807, 2.05) is 0 Å². The SMILES string of the molecule is Cc1ccc(C(F)(F)F)nc1C(=O)Nc1cnc(N)c(F)c1C(C)(C)O. The predicted octanol–water partition coefficient (Wildman–Crippen LogP) is 3.00. The lowest BCUT2D eigenvalue weighted by atomic mass is 9.96. The van der Waals surface area contributed by atoms with Gasteiger partial charge < -0.3 is 16.2 Å². The summed E-state index contributed by atoms with van der Waals surface area (Å²) in [6.45, 7) is 3.92. The van der Waals surface area contributed by atoms with Crippen molar-refractivity contribution in [2.75, 3.05) is 11.1 Å². The standard InChI is InChI=1S/C16H16F4N4O2/c1-7-4-5-9(16(18,19)20)24-12(7)14(25)23-8-6-22-13(21)11(17)10(8)15(2,3)26/h4-6,26H,1-3H3,(H2,21,22)(H,23,25). The zero-order valence-corrected chi connectivity index (χ0v) is 14.1. The van der Waals surface area contributed by atoms with Crippen LogP contribution in [0.2, 0.25) is 0 Å². The van der Waals surface area contributed by atoms with Crippen LogP contribution in [-0.2, 0) is 11.8 Å². The molecule has 6 nitrogen and oxygen atoms in total. The van der Waals surface area contributed by atoms with Crippen molar-refractivity contribution in [3.05, 3.63) is 46.7 Å². The summed E-state index contributed by atoms with van der Waals surface area (Å²) in [6.07, 6.45) is -3.72. The Balaban J connectivity index is 2.48. The largest absolute Gasteiger partial charge is 0.433 e. The number of aromatic nitrogens is 2. The molecule has 0 radical (unpaired) electrons. The molecule has 2 aromatic rings. The topological polar surface area (TPSA) is 101 Å². The van der Waals surface area contributed by atoms with Gasteiger partial charge in [0.05, 0.1) is 17.5 Å². The van der Waals surface area contributed by atoms with Gasteiger partial charge in [0.15, 0.2) is 11.6 Å². The minimum Gasteiger partial charge on any atom is -0.386 e. The van der Waals surface area contributed by atoms with Crippen molar-refractivity contribution in [3.63, 3.8) is 0 Å². The van der Waals surface area contributed by atoms with Gasteiger partial charge in [-0.2, -0.15) is 13.2 Å². The second-order valence-electron chi connectivity index (χ2n) is 6.12. The Hall–Kier alpha value is -2.75. The molecule has 0 saturated carbocycles. The molecule has 4 N–H and O–H groups in total. The molecule has 0 aliphatic heterocycles. The van der Waals surface area contributed by atoms with Crippen molar-refractivity contribution >= 4 is 17.4 Å². The normalized spacial score (nSPS) is 12.2. The first-order valence-electron chi connectivity index (χ1n) is 7.35. The number of pyridine rings is 2. The van der Waals surface area contributed by atoms with Crippen molar-refractivity contribution in [3.8, 4) is 0 Å². The van der Waals surface area contributed by atoms with Crippen LogP contribution in [0, 0.1) is 12.7 Å². The Morgan fingerprint density at radius 1 is 1.27 bits per heavy atom. The summed E-state index contributed by atoms with van der Waals surface area (Å²) in [5.41, 5.74) is 1.52. The predicted molar refractivity (Wildman–Crippen MR) is 85.8 cm³/mol. The summed E-state index contributed by atoms with van der Waals surface area (Å²) < 4.78 is 52.7. The van der Waals surface area contributed by atoms with E-state index >= 15 is 0 Å². The highest BCUT2D eigenvalue weighted by Gasteiger charge is 2.34. The number of nitrogens with two attached hydrogens (primary N) is 1. The van der Waals surface area contributed by atoms with Gasteiger partial charge >= 0.3 is 6.18 Å². The van der Waals surface area contributed by atoms with E-state index in [2.05, 4.69) is 15.3 Å². The van der Waals surface area contributed by atoms with E-state index in [9.17, 15) is 27.5 Å². The van der Waals surface area contributed by atoms with Gasteiger partial charge in [-0.1, -0.05) is 6.07 Å². The van der Waals surface area contributed by atoms with Crippen molar-refractivity contribution < 1.29 is 27.5 Å². The third-order valence-corrected chi connectivity index (χ3v) is 3.51. The lowest BCUT2D eigenvalue weighted by Crippen LogP contribution is -2.25. The number of aryl methyl sites for hydroxylation is 1. The number of halogens is 4. The molecule has 0 aromatic carbocycles. The quantitative estimate of drug-likeness (QED) is 0.719. The number of carbonyl (C=O) groups is 1. The number of alkyl halides is 3. The van der Waals surface area contributed by atoms with Gasteiger partial charge in [-0.25, -0.2) is 14.4 Å². The number of hydrogen-bond donors (Lipinski definition) is 3. The number of nitrogens with zero attached hydrogens (tertiary/aromatic N) is 2.